The number of piperidine rings is 1. The smallest absolute Gasteiger partial charge is 0.312 e. The molecule has 12 heavy (non-hydrogen) atoms. The maximum absolute atomic E-state index is 11.2. The lowest BCUT2D eigenvalue weighted by Gasteiger charge is -2.20. The van der Waals surface area contributed by atoms with Gasteiger partial charge in [0.25, 0.3) is 0 Å². The summed E-state index contributed by atoms with van der Waals surface area (Å²) in [7, 11) is 1.51. The Labute approximate surface area is 72.2 Å². The Balaban J connectivity index is 2.20. The molecule has 0 bridgehead atoms. The van der Waals surface area contributed by atoms with E-state index < -0.39 is 0 Å². The number of rotatable bonds is 3. The predicted molar refractivity (Wildman–Crippen MR) is 43.6 cm³/mol. The van der Waals surface area contributed by atoms with E-state index in [-0.39, 0.29) is 18.7 Å². The molecule has 70 valence electrons. The van der Waals surface area contributed by atoms with Gasteiger partial charge in [-0.05, 0) is 19.4 Å². The first-order valence-corrected chi connectivity index (χ1v) is 4.21. The molecule has 1 rings (SSSR count). The van der Waals surface area contributed by atoms with Crippen LogP contribution in [0.2, 0.25) is 0 Å². The molecule has 1 N–H and O–H groups in total. The summed E-state index contributed by atoms with van der Waals surface area (Å²) >= 11 is 0. The number of carbonyl (C=O) groups excluding carboxylic acids is 1. The van der Waals surface area contributed by atoms with Gasteiger partial charge in [0.2, 0.25) is 0 Å². The molecule has 1 saturated heterocycles. The fourth-order valence-corrected chi connectivity index (χ4v) is 1.29. The van der Waals surface area contributed by atoms with Gasteiger partial charge in [-0.1, -0.05) is 0 Å². The first-order valence-electron chi connectivity index (χ1n) is 4.21. The monoisotopic (exact) mass is 173 g/mol. The lowest BCUT2D eigenvalue weighted by molar-refractivity contribution is -0.159. The molecule has 4 nitrogen and oxygen atoms in total. The summed E-state index contributed by atoms with van der Waals surface area (Å²) in [5.41, 5.74) is 0. The van der Waals surface area contributed by atoms with Crippen LogP contribution in [0.15, 0.2) is 0 Å². The van der Waals surface area contributed by atoms with Gasteiger partial charge in [-0.25, -0.2) is 0 Å². The van der Waals surface area contributed by atoms with E-state index in [0.717, 1.165) is 25.9 Å². The van der Waals surface area contributed by atoms with Crippen LogP contribution in [0, 0.1) is 5.92 Å². The van der Waals surface area contributed by atoms with Crippen LogP contribution >= 0.6 is 0 Å². The fourth-order valence-electron chi connectivity index (χ4n) is 1.29. The highest BCUT2D eigenvalue weighted by Gasteiger charge is 2.21. The summed E-state index contributed by atoms with van der Waals surface area (Å²) in [6.07, 6.45) is 1.97. The third kappa shape index (κ3) is 2.79. The Bertz CT molecular complexity index is 143. The molecule has 0 aromatic rings. The van der Waals surface area contributed by atoms with E-state index in [1.165, 1.54) is 7.11 Å². The molecular weight excluding hydrogens is 158 g/mol. The standard InChI is InChI=1S/C8H15NO3/c1-11-6-12-8(10)7-3-2-4-9-5-7/h7,9H,2-6H2,1H3. The van der Waals surface area contributed by atoms with Gasteiger partial charge >= 0.3 is 5.97 Å². The van der Waals surface area contributed by atoms with Crippen molar-refractivity contribution in [2.45, 2.75) is 12.8 Å². The van der Waals surface area contributed by atoms with Crippen molar-refractivity contribution in [1.82, 2.24) is 5.32 Å². The second kappa shape index (κ2) is 5.11. The second-order valence-corrected chi connectivity index (χ2v) is 2.91. The van der Waals surface area contributed by atoms with Gasteiger partial charge in [0.15, 0.2) is 6.79 Å². The van der Waals surface area contributed by atoms with Crippen molar-refractivity contribution in [1.29, 1.82) is 0 Å². The highest BCUT2D eigenvalue weighted by atomic mass is 16.7. The molecule has 0 aromatic carbocycles. The van der Waals surface area contributed by atoms with Gasteiger partial charge in [-0.3, -0.25) is 4.79 Å². The van der Waals surface area contributed by atoms with E-state index in [4.69, 9.17) is 4.74 Å². The van der Waals surface area contributed by atoms with Crippen LogP contribution in [0.1, 0.15) is 12.8 Å². The Morgan fingerprint density at radius 3 is 3.08 bits per heavy atom. The number of hydrogen-bond acceptors (Lipinski definition) is 4. The van der Waals surface area contributed by atoms with Crippen molar-refractivity contribution in [3.8, 4) is 0 Å². The largest absolute Gasteiger partial charge is 0.438 e. The average molecular weight is 173 g/mol. The van der Waals surface area contributed by atoms with Crippen LogP contribution in [0.25, 0.3) is 0 Å². The Morgan fingerprint density at radius 2 is 2.50 bits per heavy atom. The van der Waals surface area contributed by atoms with E-state index in [9.17, 15) is 4.79 Å². The van der Waals surface area contributed by atoms with Crippen LogP contribution in [0.5, 0.6) is 0 Å². The first-order chi connectivity index (χ1) is 5.84. The van der Waals surface area contributed by atoms with Gasteiger partial charge in [-0.2, -0.15) is 0 Å². The predicted octanol–water partition coefficient (Wildman–Crippen LogP) is 0.133. The topological polar surface area (TPSA) is 47.6 Å². The normalized spacial score (nSPS) is 23.6. The van der Waals surface area contributed by atoms with Gasteiger partial charge in [-0.15, -0.1) is 0 Å². The zero-order chi connectivity index (χ0) is 8.81. The molecule has 0 amide bonds. The summed E-state index contributed by atoms with van der Waals surface area (Å²) in [4.78, 5) is 11.2. The van der Waals surface area contributed by atoms with Crippen LogP contribution in [0.3, 0.4) is 0 Å². The molecule has 1 unspecified atom stereocenters. The summed E-state index contributed by atoms with van der Waals surface area (Å²) in [5.74, 6) is -0.127. The van der Waals surface area contributed by atoms with Crippen LogP contribution < -0.4 is 5.32 Å². The molecule has 0 spiro atoms. The van der Waals surface area contributed by atoms with Crippen molar-refractivity contribution in [2.75, 3.05) is 27.0 Å². The number of methoxy groups -OCH3 is 1. The fraction of sp³-hybridized carbons (Fsp3) is 0.875. The molecule has 1 heterocycles. The lowest BCUT2D eigenvalue weighted by atomic mass is 10.0. The number of nitrogens with one attached hydrogen (secondary N) is 1. The Morgan fingerprint density at radius 1 is 1.67 bits per heavy atom. The molecule has 1 aliphatic rings. The average Bonchev–Trinajstić information content (AvgIpc) is 2.15. The third-order valence-corrected chi connectivity index (χ3v) is 1.95. The summed E-state index contributed by atoms with van der Waals surface area (Å²) in [6, 6.07) is 0. The van der Waals surface area contributed by atoms with Gasteiger partial charge in [0.1, 0.15) is 0 Å². The van der Waals surface area contributed by atoms with Gasteiger partial charge in [0, 0.05) is 13.7 Å². The molecule has 0 aliphatic carbocycles. The van der Waals surface area contributed by atoms with E-state index in [1.807, 2.05) is 0 Å². The minimum absolute atomic E-state index is 0.0221. The zero-order valence-corrected chi connectivity index (χ0v) is 7.34. The SMILES string of the molecule is COCOC(=O)C1CCCNC1. The van der Waals surface area contributed by atoms with Crippen LogP contribution in [-0.2, 0) is 14.3 Å². The highest BCUT2D eigenvalue weighted by Crippen LogP contribution is 2.11. The molecule has 1 fully saturated rings. The van der Waals surface area contributed by atoms with Crippen molar-refractivity contribution in [2.24, 2.45) is 5.92 Å². The quantitative estimate of drug-likeness (QED) is 0.487. The molecule has 4 heteroatoms. The molecule has 0 aromatic heterocycles. The number of esters is 1. The minimum Gasteiger partial charge on any atom is -0.438 e. The maximum atomic E-state index is 11.2. The Hall–Kier alpha value is -0.610. The second-order valence-electron chi connectivity index (χ2n) is 2.91. The molecular formula is C8H15NO3. The van der Waals surface area contributed by atoms with E-state index in [1.54, 1.807) is 0 Å². The zero-order valence-electron chi connectivity index (χ0n) is 7.34. The van der Waals surface area contributed by atoms with E-state index >= 15 is 0 Å². The lowest BCUT2D eigenvalue weighted by Crippen LogP contribution is -2.35. The van der Waals surface area contributed by atoms with E-state index in [0.29, 0.717) is 0 Å². The summed E-state index contributed by atoms with van der Waals surface area (Å²) in [5, 5.41) is 3.15. The third-order valence-electron chi connectivity index (χ3n) is 1.95. The molecule has 1 aliphatic heterocycles. The maximum Gasteiger partial charge on any atom is 0.312 e. The van der Waals surface area contributed by atoms with Crippen molar-refractivity contribution >= 4 is 5.97 Å². The number of carbonyl (C=O) groups is 1. The highest BCUT2D eigenvalue weighted by molar-refractivity contribution is 5.72. The summed E-state index contributed by atoms with van der Waals surface area (Å²) in [6.45, 7) is 1.81. The van der Waals surface area contributed by atoms with Crippen LogP contribution in [-0.4, -0.2) is 33.0 Å². The van der Waals surface area contributed by atoms with Crippen molar-refractivity contribution < 1.29 is 14.3 Å². The summed E-state index contributed by atoms with van der Waals surface area (Å²) < 4.78 is 9.47. The Kier molecular flexibility index (Phi) is 4.04. The minimum atomic E-state index is -0.149. The number of hydrogen-bond donors (Lipinski definition) is 1. The van der Waals surface area contributed by atoms with E-state index in [2.05, 4.69) is 10.1 Å². The first kappa shape index (κ1) is 9.48. The molecule has 0 radical (unpaired) electrons. The van der Waals surface area contributed by atoms with Gasteiger partial charge in [0.05, 0.1) is 5.92 Å². The van der Waals surface area contributed by atoms with Crippen molar-refractivity contribution in [3.05, 3.63) is 0 Å². The molecule has 0 saturated carbocycles. The number of ether oxygens (including phenoxy) is 2. The van der Waals surface area contributed by atoms with Gasteiger partial charge < -0.3 is 14.8 Å². The van der Waals surface area contributed by atoms with Crippen molar-refractivity contribution in [3.63, 3.8) is 0 Å². The van der Waals surface area contributed by atoms with Crippen LogP contribution in [0.4, 0.5) is 0 Å². The molecule has 1 atom stereocenters.